The molecule has 3 rings (SSSR count). The summed E-state index contributed by atoms with van der Waals surface area (Å²) >= 11 is 0. The van der Waals surface area contributed by atoms with Crippen molar-refractivity contribution in [2.24, 2.45) is 0 Å². The quantitative estimate of drug-likeness (QED) is 0.509. The zero-order chi connectivity index (χ0) is 19.1. The number of nitrogens with two attached hydrogens (primary N) is 1. The zero-order valence-electron chi connectivity index (χ0n) is 16.0. The third-order valence-corrected chi connectivity index (χ3v) is 5.55. The Balaban J connectivity index is 1.59. The summed E-state index contributed by atoms with van der Waals surface area (Å²) in [6.45, 7) is 1.78. The second-order valence-corrected chi connectivity index (χ2v) is 7.69. The van der Waals surface area contributed by atoms with Gasteiger partial charge in [-0.3, -0.25) is 10.2 Å². The highest BCUT2D eigenvalue weighted by Gasteiger charge is 2.21. The average Bonchev–Trinajstić information content (AvgIpc) is 2.64. The van der Waals surface area contributed by atoms with Gasteiger partial charge in [0.2, 0.25) is 0 Å². The van der Waals surface area contributed by atoms with E-state index in [0.29, 0.717) is 11.6 Å². The van der Waals surface area contributed by atoms with Crippen LogP contribution in [0.3, 0.4) is 0 Å². The molecule has 1 aromatic rings. The number of anilines is 2. The van der Waals surface area contributed by atoms with E-state index in [1.165, 1.54) is 32.1 Å². The fourth-order valence-electron chi connectivity index (χ4n) is 3.92. The van der Waals surface area contributed by atoms with Crippen LogP contribution in [-0.4, -0.2) is 41.8 Å². The van der Waals surface area contributed by atoms with Crippen LogP contribution in [0.15, 0.2) is 12.1 Å². The lowest BCUT2D eigenvalue weighted by atomic mass is 9.97. The fourth-order valence-corrected chi connectivity index (χ4v) is 3.92. The van der Waals surface area contributed by atoms with Crippen molar-refractivity contribution < 1.29 is 4.79 Å². The molecule has 148 valence electrons. The van der Waals surface area contributed by atoms with Crippen molar-refractivity contribution in [3.63, 3.8) is 0 Å². The number of piperidine rings is 1. The summed E-state index contributed by atoms with van der Waals surface area (Å²) in [6, 6.07) is 4.11. The lowest BCUT2D eigenvalue weighted by molar-refractivity contribution is -0.115. The van der Waals surface area contributed by atoms with E-state index in [-0.39, 0.29) is 23.5 Å². The van der Waals surface area contributed by atoms with Gasteiger partial charge < -0.3 is 21.7 Å². The number of rotatable bonds is 5. The first kappa shape index (κ1) is 19.6. The summed E-state index contributed by atoms with van der Waals surface area (Å²) in [4.78, 5) is 16.8. The largest absolute Gasteiger partial charge is 0.383 e. The van der Waals surface area contributed by atoms with Crippen LogP contribution in [0.4, 0.5) is 11.6 Å². The Morgan fingerprint density at radius 2 is 1.70 bits per heavy atom. The van der Waals surface area contributed by atoms with Crippen LogP contribution in [-0.2, 0) is 4.79 Å². The molecule has 7 heteroatoms. The van der Waals surface area contributed by atoms with E-state index >= 15 is 0 Å². The molecule has 1 aromatic heterocycles. The number of carbonyl (C=O) groups is 1. The molecule has 1 aliphatic carbocycles. The molecule has 1 saturated carbocycles. The summed E-state index contributed by atoms with van der Waals surface area (Å²) < 4.78 is 0. The van der Waals surface area contributed by atoms with Gasteiger partial charge in [-0.1, -0.05) is 32.1 Å². The smallest absolute Gasteiger partial charge is 0.270 e. The minimum atomic E-state index is -0.379. The topological polar surface area (TPSA) is 116 Å². The van der Waals surface area contributed by atoms with Crippen LogP contribution in [0.25, 0.3) is 0 Å². The molecular weight excluding hydrogens is 340 g/mol. The summed E-state index contributed by atoms with van der Waals surface area (Å²) in [5.74, 6) is 0.584. The molecule has 2 fully saturated rings. The number of hydrogen-bond donors (Lipinski definition) is 5. The SMILES string of the molecule is N=C(C(=O)NC1CCNCC1)c1ccc(NC2CCCCCCC2)nc1N. The van der Waals surface area contributed by atoms with E-state index < -0.39 is 0 Å². The Kier molecular flexibility index (Phi) is 7.04. The summed E-state index contributed by atoms with van der Waals surface area (Å²) in [7, 11) is 0. The highest BCUT2D eigenvalue weighted by atomic mass is 16.1. The molecule has 0 aromatic carbocycles. The molecule has 2 heterocycles. The molecule has 6 N–H and O–H groups in total. The summed E-state index contributed by atoms with van der Waals surface area (Å²) in [5, 5.41) is 17.9. The van der Waals surface area contributed by atoms with Crippen LogP contribution in [0, 0.1) is 5.41 Å². The van der Waals surface area contributed by atoms with Crippen LogP contribution in [0.5, 0.6) is 0 Å². The average molecular weight is 373 g/mol. The van der Waals surface area contributed by atoms with Gasteiger partial charge in [-0.25, -0.2) is 4.98 Å². The van der Waals surface area contributed by atoms with E-state index in [1.54, 1.807) is 6.07 Å². The maximum absolute atomic E-state index is 12.4. The van der Waals surface area contributed by atoms with Crippen LogP contribution < -0.4 is 21.7 Å². The van der Waals surface area contributed by atoms with Crippen molar-refractivity contribution in [3.05, 3.63) is 17.7 Å². The van der Waals surface area contributed by atoms with Crippen molar-refractivity contribution in [3.8, 4) is 0 Å². The summed E-state index contributed by atoms with van der Waals surface area (Å²) in [6.07, 6.45) is 10.5. The first-order valence-electron chi connectivity index (χ1n) is 10.3. The lowest BCUT2D eigenvalue weighted by Crippen LogP contribution is -2.45. The Hall–Kier alpha value is -2.15. The number of pyridine rings is 1. The molecule has 0 bridgehead atoms. The predicted octanol–water partition coefficient (Wildman–Crippen LogP) is 2.42. The number of hydrogen-bond acceptors (Lipinski definition) is 6. The highest BCUT2D eigenvalue weighted by molar-refractivity contribution is 6.45. The molecule has 7 nitrogen and oxygen atoms in total. The molecule has 1 saturated heterocycles. The third kappa shape index (κ3) is 5.66. The highest BCUT2D eigenvalue weighted by Crippen LogP contribution is 2.21. The fraction of sp³-hybridized carbons (Fsp3) is 0.650. The van der Waals surface area contributed by atoms with Gasteiger partial charge in [-0.05, 0) is 50.9 Å². The number of amides is 1. The first-order chi connectivity index (χ1) is 13.1. The van der Waals surface area contributed by atoms with Crippen LogP contribution >= 0.6 is 0 Å². The van der Waals surface area contributed by atoms with Gasteiger partial charge in [0.05, 0.1) is 0 Å². The van der Waals surface area contributed by atoms with Gasteiger partial charge in [0.15, 0.2) is 0 Å². The van der Waals surface area contributed by atoms with Crippen LogP contribution in [0.1, 0.15) is 63.4 Å². The minimum Gasteiger partial charge on any atom is -0.383 e. The minimum absolute atomic E-state index is 0.115. The van der Waals surface area contributed by atoms with Gasteiger partial charge in [-0.2, -0.15) is 0 Å². The van der Waals surface area contributed by atoms with Gasteiger partial charge in [0, 0.05) is 17.6 Å². The standard InChI is InChI=1S/C20H32N6O/c21-18(20(27)25-15-10-12-23-13-11-15)16-8-9-17(26-19(16)22)24-14-6-4-2-1-3-5-7-14/h8-9,14-15,21,23H,1-7,10-13H2,(H,25,27)(H3,22,24,26). The van der Waals surface area contributed by atoms with E-state index in [2.05, 4.69) is 20.9 Å². The molecule has 0 unspecified atom stereocenters. The Morgan fingerprint density at radius 3 is 2.37 bits per heavy atom. The van der Waals surface area contributed by atoms with Crippen molar-refractivity contribution in [1.82, 2.24) is 15.6 Å². The second kappa shape index (κ2) is 9.69. The van der Waals surface area contributed by atoms with Crippen molar-refractivity contribution in [1.29, 1.82) is 5.41 Å². The molecular formula is C20H32N6O. The Labute approximate surface area is 161 Å². The number of nitrogens with one attached hydrogen (secondary N) is 4. The molecule has 1 amide bonds. The van der Waals surface area contributed by atoms with Crippen molar-refractivity contribution in [2.45, 2.75) is 69.9 Å². The second-order valence-electron chi connectivity index (χ2n) is 7.69. The number of carbonyl (C=O) groups excluding carboxylic acids is 1. The number of nitrogen functional groups attached to an aromatic ring is 1. The molecule has 0 radical (unpaired) electrons. The van der Waals surface area contributed by atoms with Gasteiger partial charge in [0.25, 0.3) is 5.91 Å². The monoisotopic (exact) mass is 372 g/mol. The molecule has 0 spiro atoms. The predicted molar refractivity (Wildman–Crippen MR) is 109 cm³/mol. The van der Waals surface area contributed by atoms with E-state index in [9.17, 15) is 4.79 Å². The van der Waals surface area contributed by atoms with Gasteiger partial charge >= 0.3 is 0 Å². The maximum atomic E-state index is 12.4. The lowest BCUT2D eigenvalue weighted by Gasteiger charge is -2.24. The summed E-state index contributed by atoms with van der Waals surface area (Å²) in [5.41, 5.74) is 6.35. The first-order valence-corrected chi connectivity index (χ1v) is 10.3. The Bertz CT molecular complexity index is 648. The van der Waals surface area contributed by atoms with Crippen molar-refractivity contribution >= 4 is 23.3 Å². The van der Waals surface area contributed by atoms with Gasteiger partial charge in [-0.15, -0.1) is 0 Å². The molecule has 1 aliphatic heterocycles. The van der Waals surface area contributed by atoms with Crippen molar-refractivity contribution in [2.75, 3.05) is 24.1 Å². The molecule has 0 atom stereocenters. The number of nitrogens with zero attached hydrogens (tertiary/aromatic N) is 1. The normalized spacial score (nSPS) is 19.7. The Morgan fingerprint density at radius 1 is 1.04 bits per heavy atom. The molecule has 27 heavy (non-hydrogen) atoms. The van der Waals surface area contributed by atoms with Crippen LogP contribution in [0.2, 0.25) is 0 Å². The number of aromatic nitrogens is 1. The molecule has 2 aliphatic rings. The van der Waals surface area contributed by atoms with E-state index in [4.69, 9.17) is 11.1 Å². The maximum Gasteiger partial charge on any atom is 0.270 e. The zero-order valence-corrected chi connectivity index (χ0v) is 16.0. The van der Waals surface area contributed by atoms with E-state index in [1.807, 2.05) is 6.07 Å². The third-order valence-electron chi connectivity index (χ3n) is 5.55. The van der Waals surface area contributed by atoms with E-state index in [0.717, 1.165) is 44.6 Å². The van der Waals surface area contributed by atoms with Gasteiger partial charge in [0.1, 0.15) is 17.3 Å².